The third-order valence-electron chi connectivity index (χ3n) is 3.60. The molecule has 0 aliphatic heterocycles. The highest BCUT2D eigenvalue weighted by molar-refractivity contribution is 6.29. The van der Waals surface area contributed by atoms with E-state index in [-0.39, 0.29) is 22.1 Å². The van der Waals surface area contributed by atoms with Gasteiger partial charge in [0.05, 0.1) is 0 Å². The first-order valence-corrected chi connectivity index (χ1v) is 7.68. The standard InChI is InChI=1S/C16H11ClF4N4O/c1-8-6-11(17)25-7-22-12(14(25)23-8)15(26)24-13(16(19,20)21)9-2-4-10(18)5-3-9/h2-7,13H,1H3,(H,24,26). The molecular weight excluding hydrogens is 376 g/mol. The van der Waals surface area contributed by atoms with E-state index in [0.29, 0.717) is 5.69 Å². The molecule has 2 heterocycles. The number of rotatable bonds is 3. The molecule has 0 saturated heterocycles. The van der Waals surface area contributed by atoms with Gasteiger partial charge in [0.1, 0.15) is 17.3 Å². The van der Waals surface area contributed by atoms with Gasteiger partial charge in [-0.15, -0.1) is 0 Å². The van der Waals surface area contributed by atoms with Crippen molar-refractivity contribution in [3.8, 4) is 0 Å². The van der Waals surface area contributed by atoms with Crippen molar-refractivity contribution in [2.75, 3.05) is 0 Å². The van der Waals surface area contributed by atoms with E-state index >= 15 is 0 Å². The van der Waals surface area contributed by atoms with Crippen molar-refractivity contribution >= 4 is 23.2 Å². The lowest BCUT2D eigenvalue weighted by atomic mass is 10.1. The van der Waals surface area contributed by atoms with Crippen LogP contribution in [0.2, 0.25) is 5.15 Å². The molecule has 1 unspecified atom stereocenters. The van der Waals surface area contributed by atoms with Gasteiger partial charge in [-0.1, -0.05) is 23.7 Å². The Labute approximate surface area is 149 Å². The number of carbonyl (C=O) groups is 1. The summed E-state index contributed by atoms with van der Waals surface area (Å²) < 4.78 is 54.4. The molecule has 3 rings (SSSR count). The molecule has 0 spiro atoms. The highest BCUT2D eigenvalue weighted by atomic mass is 35.5. The number of aromatic nitrogens is 3. The van der Waals surface area contributed by atoms with Gasteiger partial charge in [0.15, 0.2) is 17.4 Å². The lowest BCUT2D eigenvalue weighted by Gasteiger charge is -2.21. The minimum atomic E-state index is -4.79. The fourth-order valence-electron chi connectivity index (χ4n) is 2.42. The minimum absolute atomic E-state index is 0.0348. The minimum Gasteiger partial charge on any atom is -0.335 e. The molecule has 10 heteroatoms. The molecule has 1 amide bonds. The molecule has 0 aliphatic carbocycles. The number of aryl methyl sites for hydroxylation is 1. The van der Waals surface area contributed by atoms with Crippen LogP contribution in [0.1, 0.15) is 27.8 Å². The maximum Gasteiger partial charge on any atom is 0.412 e. The summed E-state index contributed by atoms with van der Waals surface area (Å²) in [4.78, 5) is 20.3. The van der Waals surface area contributed by atoms with Gasteiger partial charge in [0, 0.05) is 5.69 Å². The number of fused-ring (bicyclic) bond motifs is 1. The SMILES string of the molecule is Cc1cc(Cl)n2cnc(C(=O)NC(c3ccc(F)cc3)C(F)(F)F)c2n1. The highest BCUT2D eigenvalue weighted by Crippen LogP contribution is 2.33. The van der Waals surface area contributed by atoms with Gasteiger partial charge in [-0.2, -0.15) is 13.2 Å². The van der Waals surface area contributed by atoms with Gasteiger partial charge >= 0.3 is 6.18 Å². The smallest absolute Gasteiger partial charge is 0.335 e. The normalized spacial score (nSPS) is 13.0. The fraction of sp³-hybridized carbons (Fsp3) is 0.188. The largest absolute Gasteiger partial charge is 0.412 e. The van der Waals surface area contributed by atoms with E-state index in [1.165, 1.54) is 16.8 Å². The van der Waals surface area contributed by atoms with Crippen LogP contribution in [0.25, 0.3) is 5.65 Å². The van der Waals surface area contributed by atoms with Crippen molar-refractivity contribution in [3.05, 3.63) is 64.6 Å². The van der Waals surface area contributed by atoms with Crippen molar-refractivity contribution in [3.63, 3.8) is 0 Å². The zero-order chi connectivity index (χ0) is 19.1. The fourth-order valence-corrected chi connectivity index (χ4v) is 2.70. The first-order chi connectivity index (χ1) is 12.2. The van der Waals surface area contributed by atoms with Crippen LogP contribution in [0.5, 0.6) is 0 Å². The zero-order valence-corrected chi connectivity index (χ0v) is 13.9. The van der Waals surface area contributed by atoms with E-state index in [0.717, 1.165) is 24.3 Å². The zero-order valence-electron chi connectivity index (χ0n) is 13.2. The van der Waals surface area contributed by atoms with Crippen molar-refractivity contribution in [1.82, 2.24) is 19.7 Å². The molecule has 1 atom stereocenters. The Morgan fingerprint density at radius 2 is 1.92 bits per heavy atom. The Bertz CT molecular complexity index is 969. The third-order valence-corrected chi connectivity index (χ3v) is 3.90. The van der Waals surface area contributed by atoms with E-state index in [9.17, 15) is 22.4 Å². The number of hydrogen-bond acceptors (Lipinski definition) is 3. The molecular formula is C16H11ClF4N4O. The van der Waals surface area contributed by atoms with Crippen molar-refractivity contribution in [1.29, 1.82) is 0 Å². The molecule has 5 nitrogen and oxygen atoms in total. The van der Waals surface area contributed by atoms with Gasteiger partial charge in [-0.3, -0.25) is 9.20 Å². The second-order valence-corrected chi connectivity index (χ2v) is 5.89. The molecule has 26 heavy (non-hydrogen) atoms. The van der Waals surface area contributed by atoms with E-state index in [1.807, 2.05) is 5.32 Å². The summed E-state index contributed by atoms with van der Waals surface area (Å²) in [5.74, 6) is -1.76. The number of nitrogens with one attached hydrogen (secondary N) is 1. The Balaban J connectivity index is 1.97. The second-order valence-electron chi connectivity index (χ2n) is 5.51. The lowest BCUT2D eigenvalue weighted by Crippen LogP contribution is -2.38. The Morgan fingerprint density at radius 3 is 2.54 bits per heavy atom. The number of amides is 1. The number of nitrogens with zero attached hydrogens (tertiary/aromatic N) is 3. The van der Waals surface area contributed by atoms with Crippen LogP contribution in [-0.2, 0) is 0 Å². The Morgan fingerprint density at radius 1 is 1.27 bits per heavy atom. The summed E-state index contributed by atoms with van der Waals surface area (Å²) in [6.45, 7) is 1.62. The third kappa shape index (κ3) is 3.48. The summed E-state index contributed by atoms with van der Waals surface area (Å²) in [6, 6.07) is 2.88. The Hall–Kier alpha value is -2.68. The molecule has 136 valence electrons. The van der Waals surface area contributed by atoms with E-state index in [4.69, 9.17) is 11.6 Å². The van der Waals surface area contributed by atoms with Gasteiger partial charge in [0.2, 0.25) is 0 Å². The summed E-state index contributed by atoms with van der Waals surface area (Å²) >= 11 is 6.01. The van der Waals surface area contributed by atoms with Gasteiger partial charge in [-0.25, -0.2) is 14.4 Å². The quantitative estimate of drug-likeness (QED) is 0.549. The Kier molecular flexibility index (Phi) is 4.57. The average molecular weight is 387 g/mol. The van der Waals surface area contributed by atoms with Crippen molar-refractivity contribution in [2.24, 2.45) is 0 Å². The summed E-state index contributed by atoms with van der Waals surface area (Å²) in [5.41, 5.74) is -0.0969. The molecule has 1 aromatic carbocycles. The van der Waals surface area contributed by atoms with Crippen molar-refractivity contribution < 1.29 is 22.4 Å². The van der Waals surface area contributed by atoms with E-state index in [1.54, 1.807) is 6.92 Å². The van der Waals surface area contributed by atoms with Crippen LogP contribution >= 0.6 is 11.6 Å². The number of hydrogen-bond donors (Lipinski definition) is 1. The molecule has 0 saturated carbocycles. The van der Waals surface area contributed by atoms with E-state index < -0.39 is 23.9 Å². The lowest BCUT2D eigenvalue weighted by molar-refractivity contribution is -0.155. The van der Waals surface area contributed by atoms with Crippen LogP contribution < -0.4 is 5.32 Å². The van der Waals surface area contributed by atoms with Gasteiger partial charge < -0.3 is 5.32 Å². The number of alkyl halides is 3. The topological polar surface area (TPSA) is 59.3 Å². The van der Waals surface area contributed by atoms with Crippen LogP contribution in [-0.4, -0.2) is 26.5 Å². The number of imidazole rings is 1. The summed E-state index contributed by atoms with van der Waals surface area (Å²) in [5, 5.41) is 2.09. The first kappa shape index (κ1) is 18.1. The predicted molar refractivity (Wildman–Crippen MR) is 85.4 cm³/mol. The number of carbonyl (C=O) groups excluding carboxylic acids is 1. The van der Waals surface area contributed by atoms with Gasteiger partial charge in [0.25, 0.3) is 5.91 Å². The maximum absolute atomic E-state index is 13.4. The summed E-state index contributed by atoms with van der Waals surface area (Å²) in [7, 11) is 0. The molecule has 0 radical (unpaired) electrons. The van der Waals surface area contributed by atoms with Crippen LogP contribution in [0, 0.1) is 12.7 Å². The van der Waals surface area contributed by atoms with Gasteiger partial charge in [-0.05, 0) is 30.7 Å². The molecule has 3 aromatic rings. The number of halogens is 5. The number of benzene rings is 1. The van der Waals surface area contributed by atoms with Crippen molar-refractivity contribution in [2.45, 2.75) is 19.1 Å². The second kappa shape index (κ2) is 6.56. The maximum atomic E-state index is 13.4. The molecule has 0 fully saturated rings. The molecule has 0 aliphatic rings. The average Bonchev–Trinajstić information content (AvgIpc) is 2.96. The van der Waals surface area contributed by atoms with Crippen LogP contribution in [0.3, 0.4) is 0 Å². The highest BCUT2D eigenvalue weighted by Gasteiger charge is 2.42. The molecule has 0 bridgehead atoms. The van der Waals surface area contributed by atoms with E-state index in [2.05, 4.69) is 9.97 Å². The first-order valence-electron chi connectivity index (χ1n) is 7.30. The summed E-state index contributed by atoms with van der Waals surface area (Å²) in [6.07, 6.45) is -3.59. The van der Waals surface area contributed by atoms with Crippen LogP contribution in [0.15, 0.2) is 36.7 Å². The van der Waals surface area contributed by atoms with Crippen LogP contribution in [0.4, 0.5) is 17.6 Å². The molecule has 1 N–H and O–H groups in total. The molecule has 2 aromatic heterocycles. The monoisotopic (exact) mass is 386 g/mol. The predicted octanol–water partition coefficient (Wildman–Crippen LogP) is 3.86.